The number of hydrogen-bond donors (Lipinski definition) is 3. The smallest absolute Gasteiger partial charge is 0.268 e. The lowest BCUT2D eigenvalue weighted by Crippen LogP contribution is -2.55. The van der Waals surface area contributed by atoms with Crippen molar-refractivity contribution in [2.24, 2.45) is 0 Å². The van der Waals surface area contributed by atoms with Crippen LogP contribution in [0, 0.1) is 0 Å². The van der Waals surface area contributed by atoms with Crippen LogP contribution in [0.1, 0.15) is 10.5 Å². The van der Waals surface area contributed by atoms with Gasteiger partial charge in [0.15, 0.2) is 0 Å². The van der Waals surface area contributed by atoms with Crippen molar-refractivity contribution in [2.45, 2.75) is 6.10 Å². The van der Waals surface area contributed by atoms with Crippen molar-refractivity contribution in [3.05, 3.63) is 36.0 Å². The van der Waals surface area contributed by atoms with Crippen LogP contribution in [0.15, 0.2) is 30.3 Å². The number of fused-ring (bicyclic) bond motifs is 1. The SMILES string of the molecule is O=C(NCC(=O)N1CC(O)C1)c1cc2ccccc2[nH]1. The highest BCUT2D eigenvalue weighted by molar-refractivity contribution is 5.99. The maximum Gasteiger partial charge on any atom is 0.268 e. The van der Waals surface area contributed by atoms with Gasteiger partial charge in [0.2, 0.25) is 5.91 Å². The fourth-order valence-corrected chi connectivity index (χ4v) is 2.22. The molecule has 1 aliphatic heterocycles. The Kier molecular flexibility index (Phi) is 3.15. The van der Waals surface area contributed by atoms with Crippen LogP contribution in [-0.2, 0) is 4.79 Å². The molecule has 3 N–H and O–H groups in total. The van der Waals surface area contributed by atoms with E-state index in [1.165, 1.54) is 4.90 Å². The summed E-state index contributed by atoms with van der Waals surface area (Å²) in [5.41, 5.74) is 1.32. The van der Waals surface area contributed by atoms with Crippen LogP contribution < -0.4 is 5.32 Å². The monoisotopic (exact) mass is 273 g/mol. The zero-order valence-electron chi connectivity index (χ0n) is 10.8. The Morgan fingerprint density at radius 3 is 2.80 bits per heavy atom. The normalized spacial score (nSPS) is 15.2. The number of H-pyrrole nitrogens is 1. The van der Waals surface area contributed by atoms with E-state index in [4.69, 9.17) is 5.11 Å². The number of nitrogens with one attached hydrogen (secondary N) is 2. The van der Waals surface area contributed by atoms with Crippen LogP contribution in [-0.4, -0.2) is 52.5 Å². The lowest BCUT2D eigenvalue weighted by atomic mass is 10.2. The quantitative estimate of drug-likeness (QED) is 0.741. The number of nitrogens with zero attached hydrogens (tertiary/aromatic N) is 1. The highest BCUT2D eigenvalue weighted by atomic mass is 16.3. The zero-order chi connectivity index (χ0) is 14.1. The Hall–Kier alpha value is -2.34. The molecule has 1 aliphatic rings. The molecule has 6 heteroatoms. The number of hydrogen-bond acceptors (Lipinski definition) is 3. The summed E-state index contributed by atoms with van der Waals surface area (Å²) in [5, 5.41) is 12.7. The van der Waals surface area contributed by atoms with E-state index >= 15 is 0 Å². The van der Waals surface area contributed by atoms with Crippen LogP contribution in [0.25, 0.3) is 10.9 Å². The first kappa shape index (κ1) is 12.7. The minimum absolute atomic E-state index is 0.0546. The molecule has 0 aliphatic carbocycles. The molecule has 20 heavy (non-hydrogen) atoms. The number of benzene rings is 1. The van der Waals surface area contributed by atoms with Gasteiger partial charge < -0.3 is 20.3 Å². The standard InChI is InChI=1S/C14H15N3O3/c18-10-7-17(8-10)13(19)6-15-14(20)12-5-9-3-1-2-4-11(9)16-12/h1-5,10,16,18H,6-8H2,(H,15,20). The van der Waals surface area contributed by atoms with E-state index in [0.29, 0.717) is 18.8 Å². The van der Waals surface area contributed by atoms with Crippen LogP contribution in [0.3, 0.4) is 0 Å². The topological polar surface area (TPSA) is 85.4 Å². The lowest BCUT2D eigenvalue weighted by Gasteiger charge is -2.35. The summed E-state index contributed by atoms with van der Waals surface area (Å²) >= 11 is 0. The number of aromatic nitrogens is 1. The predicted molar refractivity (Wildman–Crippen MR) is 73.2 cm³/mol. The number of aromatic amines is 1. The van der Waals surface area contributed by atoms with Gasteiger partial charge in [-0.2, -0.15) is 0 Å². The second kappa shape index (κ2) is 4.97. The number of para-hydroxylation sites is 1. The molecule has 0 radical (unpaired) electrons. The third kappa shape index (κ3) is 2.37. The van der Waals surface area contributed by atoms with E-state index in [1.54, 1.807) is 6.07 Å². The fourth-order valence-electron chi connectivity index (χ4n) is 2.22. The molecule has 2 heterocycles. The molecule has 0 spiro atoms. The van der Waals surface area contributed by atoms with Gasteiger partial charge in [-0.15, -0.1) is 0 Å². The first-order valence-corrected chi connectivity index (χ1v) is 6.45. The van der Waals surface area contributed by atoms with Crippen LogP contribution in [0.5, 0.6) is 0 Å². The molecule has 0 atom stereocenters. The summed E-state index contributed by atoms with van der Waals surface area (Å²) in [7, 11) is 0. The molecule has 1 aromatic heterocycles. The van der Waals surface area contributed by atoms with Crippen molar-refractivity contribution in [1.29, 1.82) is 0 Å². The largest absolute Gasteiger partial charge is 0.389 e. The first-order valence-electron chi connectivity index (χ1n) is 6.45. The minimum atomic E-state index is -0.427. The second-order valence-electron chi connectivity index (χ2n) is 4.91. The number of rotatable bonds is 3. The third-order valence-electron chi connectivity index (χ3n) is 3.39. The van der Waals surface area contributed by atoms with E-state index in [0.717, 1.165) is 10.9 Å². The molecule has 1 fully saturated rings. The summed E-state index contributed by atoms with van der Waals surface area (Å²) in [5.74, 6) is -0.490. The molecular formula is C14H15N3O3. The van der Waals surface area contributed by atoms with Crippen molar-refractivity contribution in [3.63, 3.8) is 0 Å². The summed E-state index contributed by atoms with van der Waals surface area (Å²) < 4.78 is 0. The molecule has 0 saturated carbocycles. The summed E-state index contributed by atoms with van der Waals surface area (Å²) in [4.78, 5) is 28.1. The number of β-amino-alcohol motifs (C(OH)–C–C–N with tert-alkyl or cyclic N) is 1. The van der Waals surface area contributed by atoms with Gasteiger partial charge in [-0.1, -0.05) is 18.2 Å². The third-order valence-corrected chi connectivity index (χ3v) is 3.39. The Morgan fingerprint density at radius 2 is 2.10 bits per heavy atom. The van der Waals surface area contributed by atoms with Gasteiger partial charge >= 0.3 is 0 Å². The Bertz CT molecular complexity index is 625. The Morgan fingerprint density at radius 1 is 1.35 bits per heavy atom. The molecule has 1 saturated heterocycles. The molecule has 0 unspecified atom stereocenters. The maximum absolute atomic E-state index is 11.9. The zero-order valence-corrected chi connectivity index (χ0v) is 10.8. The Labute approximate surface area is 115 Å². The molecule has 2 amide bonds. The van der Waals surface area contributed by atoms with Gasteiger partial charge in [0, 0.05) is 24.0 Å². The molecule has 104 valence electrons. The second-order valence-corrected chi connectivity index (χ2v) is 4.91. The van der Waals surface area contributed by atoms with Crippen molar-refractivity contribution >= 4 is 22.7 Å². The average molecular weight is 273 g/mol. The van der Waals surface area contributed by atoms with Crippen molar-refractivity contribution in [3.8, 4) is 0 Å². The van der Waals surface area contributed by atoms with E-state index in [-0.39, 0.29) is 18.4 Å². The minimum Gasteiger partial charge on any atom is -0.389 e. The van der Waals surface area contributed by atoms with Gasteiger partial charge in [0.05, 0.1) is 12.6 Å². The highest BCUT2D eigenvalue weighted by Gasteiger charge is 2.28. The number of carbonyl (C=O) groups is 2. The van der Waals surface area contributed by atoms with Gasteiger partial charge in [0.1, 0.15) is 5.69 Å². The number of amides is 2. The van der Waals surface area contributed by atoms with Crippen molar-refractivity contribution in [1.82, 2.24) is 15.2 Å². The van der Waals surface area contributed by atoms with Crippen LogP contribution in [0.2, 0.25) is 0 Å². The van der Waals surface area contributed by atoms with Gasteiger partial charge in [-0.25, -0.2) is 0 Å². The summed E-state index contributed by atoms with van der Waals surface area (Å²) in [6.07, 6.45) is -0.427. The van der Waals surface area contributed by atoms with E-state index in [2.05, 4.69) is 10.3 Å². The molecule has 0 bridgehead atoms. The number of aliphatic hydroxyl groups excluding tert-OH is 1. The lowest BCUT2D eigenvalue weighted by molar-refractivity contribution is -0.140. The number of aliphatic hydroxyl groups is 1. The first-order chi connectivity index (χ1) is 9.63. The van der Waals surface area contributed by atoms with Gasteiger partial charge in [0.25, 0.3) is 5.91 Å². The predicted octanol–water partition coefficient (Wildman–Crippen LogP) is 0.101. The molecule has 6 nitrogen and oxygen atoms in total. The molecular weight excluding hydrogens is 258 g/mol. The van der Waals surface area contributed by atoms with Crippen LogP contribution in [0.4, 0.5) is 0 Å². The van der Waals surface area contributed by atoms with E-state index in [9.17, 15) is 9.59 Å². The van der Waals surface area contributed by atoms with E-state index in [1.807, 2.05) is 24.3 Å². The summed E-state index contributed by atoms with van der Waals surface area (Å²) in [6, 6.07) is 9.34. The van der Waals surface area contributed by atoms with Crippen LogP contribution >= 0.6 is 0 Å². The van der Waals surface area contributed by atoms with Gasteiger partial charge in [-0.3, -0.25) is 9.59 Å². The molecule has 3 rings (SSSR count). The highest BCUT2D eigenvalue weighted by Crippen LogP contribution is 2.14. The average Bonchev–Trinajstić information content (AvgIpc) is 2.84. The van der Waals surface area contributed by atoms with Gasteiger partial charge in [-0.05, 0) is 12.1 Å². The Balaban J connectivity index is 1.60. The number of likely N-dealkylation sites (tertiary alicyclic amines) is 1. The molecule has 1 aromatic carbocycles. The van der Waals surface area contributed by atoms with Crippen molar-refractivity contribution < 1.29 is 14.7 Å². The maximum atomic E-state index is 11.9. The molecule has 2 aromatic rings. The van der Waals surface area contributed by atoms with Crippen molar-refractivity contribution in [2.75, 3.05) is 19.6 Å². The van der Waals surface area contributed by atoms with E-state index < -0.39 is 6.10 Å². The fraction of sp³-hybridized carbons (Fsp3) is 0.286. The number of carbonyl (C=O) groups excluding carboxylic acids is 2. The summed E-state index contributed by atoms with van der Waals surface area (Å²) in [6.45, 7) is 0.642.